The van der Waals surface area contributed by atoms with Crippen LogP contribution in [-0.2, 0) is 6.54 Å². The molecule has 0 bridgehead atoms. The van der Waals surface area contributed by atoms with E-state index in [9.17, 15) is 0 Å². The molecular weight excluding hydrogens is 410 g/mol. The molecule has 0 atom stereocenters. The van der Waals surface area contributed by atoms with E-state index in [4.69, 9.17) is 0 Å². The molecule has 0 aliphatic heterocycles. The Kier molecular flexibility index (Phi) is 6.06. The molecule has 0 radical (unpaired) electrons. The number of aryl methyl sites for hydroxylation is 1. The van der Waals surface area contributed by atoms with Gasteiger partial charge in [0.15, 0.2) is 0 Å². The van der Waals surface area contributed by atoms with Crippen molar-refractivity contribution in [1.82, 2.24) is 15.0 Å². The zero-order valence-corrected chi connectivity index (χ0v) is 16.6. The molecule has 4 heteroatoms. The number of aromatic nitrogens is 3. The summed E-state index contributed by atoms with van der Waals surface area (Å²) in [5.74, 6) is 0. The van der Waals surface area contributed by atoms with Gasteiger partial charge in [0.1, 0.15) is 0 Å². The molecular formula is C20H23N3Te. The van der Waals surface area contributed by atoms with Gasteiger partial charge in [-0.3, -0.25) is 0 Å². The molecule has 2 aromatic carbocycles. The van der Waals surface area contributed by atoms with Gasteiger partial charge in [0.25, 0.3) is 0 Å². The van der Waals surface area contributed by atoms with E-state index in [1.807, 2.05) is 0 Å². The molecule has 3 nitrogen and oxygen atoms in total. The molecule has 1 aromatic heterocycles. The first-order chi connectivity index (χ1) is 11.8. The number of hydrogen-bond acceptors (Lipinski definition) is 2. The van der Waals surface area contributed by atoms with Gasteiger partial charge in [-0.05, 0) is 0 Å². The molecule has 3 aromatic rings. The second-order valence-electron chi connectivity index (χ2n) is 5.95. The molecule has 24 heavy (non-hydrogen) atoms. The van der Waals surface area contributed by atoms with Crippen molar-refractivity contribution in [2.24, 2.45) is 0 Å². The van der Waals surface area contributed by atoms with Crippen LogP contribution < -0.4 is 3.74 Å². The van der Waals surface area contributed by atoms with Crippen molar-refractivity contribution < 1.29 is 0 Å². The molecule has 124 valence electrons. The van der Waals surface area contributed by atoms with Gasteiger partial charge >= 0.3 is 154 Å². The Hall–Kier alpha value is -1.63. The van der Waals surface area contributed by atoms with Crippen molar-refractivity contribution in [3.63, 3.8) is 0 Å². The van der Waals surface area contributed by atoms with Crippen molar-refractivity contribution in [1.29, 1.82) is 0 Å². The van der Waals surface area contributed by atoms with Gasteiger partial charge in [-0.25, -0.2) is 0 Å². The van der Waals surface area contributed by atoms with Crippen LogP contribution in [0, 0.1) is 6.92 Å². The Morgan fingerprint density at radius 3 is 2.46 bits per heavy atom. The molecule has 0 amide bonds. The third-order valence-corrected chi connectivity index (χ3v) is 7.27. The molecule has 0 saturated carbocycles. The van der Waals surface area contributed by atoms with Crippen LogP contribution in [0.1, 0.15) is 30.9 Å². The zero-order chi connectivity index (χ0) is 16.8. The van der Waals surface area contributed by atoms with E-state index in [-0.39, 0.29) is 20.9 Å². The van der Waals surface area contributed by atoms with Crippen LogP contribution in [0.3, 0.4) is 0 Å². The third kappa shape index (κ3) is 4.26. The molecule has 0 N–H and O–H groups in total. The quantitative estimate of drug-likeness (QED) is 0.419. The third-order valence-electron chi connectivity index (χ3n) is 3.93. The summed E-state index contributed by atoms with van der Waals surface area (Å²) in [6.07, 6.45) is 2.55. The van der Waals surface area contributed by atoms with Gasteiger partial charge in [0.2, 0.25) is 0 Å². The van der Waals surface area contributed by atoms with Crippen molar-refractivity contribution >= 4 is 24.7 Å². The van der Waals surface area contributed by atoms with Gasteiger partial charge in [-0.15, -0.1) is 0 Å². The fraction of sp³-hybridized carbons (Fsp3) is 0.300. The fourth-order valence-corrected chi connectivity index (χ4v) is 5.86. The van der Waals surface area contributed by atoms with Gasteiger partial charge in [0.05, 0.1) is 0 Å². The maximum absolute atomic E-state index is 4.54. The van der Waals surface area contributed by atoms with E-state index in [0.29, 0.717) is 0 Å². The van der Waals surface area contributed by atoms with E-state index < -0.39 is 0 Å². The molecule has 0 saturated heterocycles. The van der Waals surface area contributed by atoms with Crippen LogP contribution in [0.5, 0.6) is 0 Å². The Bertz CT molecular complexity index is 763. The minimum atomic E-state index is -0.280. The van der Waals surface area contributed by atoms with Crippen LogP contribution in [-0.4, -0.2) is 35.9 Å². The summed E-state index contributed by atoms with van der Waals surface area (Å²) in [4.78, 5) is 0. The van der Waals surface area contributed by atoms with Gasteiger partial charge < -0.3 is 0 Å². The van der Waals surface area contributed by atoms with Gasteiger partial charge in [-0.2, -0.15) is 0 Å². The first-order valence-electron chi connectivity index (χ1n) is 8.45. The topological polar surface area (TPSA) is 30.7 Å². The number of rotatable bonds is 7. The van der Waals surface area contributed by atoms with Crippen molar-refractivity contribution in [2.75, 3.05) is 0 Å². The van der Waals surface area contributed by atoms with Crippen molar-refractivity contribution in [3.8, 4) is 11.3 Å². The Morgan fingerprint density at radius 1 is 1.00 bits per heavy atom. The molecule has 3 rings (SSSR count). The van der Waals surface area contributed by atoms with E-state index in [1.54, 1.807) is 0 Å². The molecule has 0 aliphatic rings. The minimum absolute atomic E-state index is 0.280. The number of unbranched alkanes of at least 4 members (excludes halogenated alkanes) is 1. The van der Waals surface area contributed by atoms with Crippen LogP contribution in [0.25, 0.3) is 11.3 Å². The number of benzene rings is 2. The zero-order valence-electron chi connectivity index (χ0n) is 14.3. The second-order valence-corrected chi connectivity index (χ2v) is 9.05. The number of hydrogen-bond donors (Lipinski definition) is 0. The Labute approximate surface area is 154 Å². The van der Waals surface area contributed by atoms with E-state index in [1.165, 1.54) is 37.7 Å². The Morgan fingerprint density at radius 2 is 1.75 bits per heavy atom. The van der Waals surface area contributed by atoms with Crippen molar-refractivity contribution in [3.05, 3.63) is 65.7 Å². The summed E-state index contributed by atoms with van der Waals surface area (Å²) in [7, 11) is 0. The van der Waals surface area contributed by atoms with Gasteiger partial charge in [-0.1, -0.05) is 0 Å². The molecule has 0 aliphatic carbocycles. The SMILES string of the molecule is CCCC[Te]c1c(-c2ccc(C)cc2)nnn1Cc1ccccc1. The van der Waals surface area contributed by atoms with Gasteiger partial charge in [0, 0.05) is 0 Å². The fourth-order valence-electron chi connectivity index (χ4n) is 2.51. The van der Waals surface area contributed by atoms with Crippen LogP contribution in [0.2, 0.25) is 4.47 Å². The molecule has 0 unspecified atom stereocenters. The first kappa shape index (κ1) is 17.2. The molecule has 0 fully saturated rings. The normalized spacial score (nSPS) is 10.9. The van der Waals surface area contributed by atoms with Crippen LogP contribution in [0.4, 0.5) is 0 Å². The van der Waals surface area contributed by atoms with E-state index in [0.717, 1.165) is 12.2 Å². The van der Waals surface area contributed by atoms with Crippen LogP contribution >= 0.6 is 0 Å². The number of nitrogens with zero attached hydrogens (tertiary/aromatic N) is 3. The monoisotopic (exact) mass is 435 g/mol. The van der Waals surface area contributed by atoms with E-state index in [2.05, 4.69) is 83.4 Å². The van der Waals surface area contributed by atoms with Crippen LogP contribution in [0.15, 0.2) is 54.6 Å². The van der Waals surface area contributed by atoms with E-state index >= 15 is 0 Å². The summed E-state index contributed by atoms with van der Waals surface area (Å²) in [5, 5.41) is 9.02. The molecule has 0 spiro atoms. The van der Waals surface area contributed by atoms with Crippen molar-refractivity contribution in [2.45, 2.75) is 37.7 Å². The molecule has 1 heterocycles. The Balaban J connectivity index is 1.91. The maximum atomic E-state index is 4.54. The standard InChI is InChI=1S/C20H23N3Te/c1-3-4-14-24-20-19(18-12-10-16(2)11-13-18)21-22-23(20)15-17-8-6-5-7-9-17/h5-13H,3-4,14-15H2,1-2H3. The first-order valence-corrected chi connectivity index (χ1v) is 11.3. The predicted molar refractivity (Wildman–Crippen MR) is 101 cm³/mol. The average molecular weight is 433 g/mol. The summed E-state index contributed by atoms with van der Waals surface area (Å²) >= 11 is -0.280. The second kappa shape index (κ2) is 8.46. The summed E-state index contributed by atoms with van der Waals surface area (Å²) in [6.45, 7) is 5.19. The predicted octanol–water partition coefficient (Wildman–Crippen LogP) is 3.85. The summed E-state index contributed by atoms with van der Waals surface area (Å²) in [5.41, 5.74) is 4.84. The summed E-state index contributed by atoms with van der Waals surface area (Å²) < 4.78 is 4.81. The summed E-state index contributed by atoms with van der Waals surface area (Å²) in [6, 6.07) is 19.2. The average Bonchev–Trinajstić information content (AvgIpc) is 2.99.